The molecule has 84 valence electrons. The Labute approximate surface area is 90.9 Å². The van der Waals surface area contributed by atoms with Crippen LogP contribution in [0, 0.1) is 6.92 Å². The summed E-state index contributed by atoms with van der Waals surface area (Å²) in [6, 6.07) is 0. The van der Waals surface area contributed by atoms with E-state index in [2.05, 4.69) is 16.9 Å². The molecule has 0 atom stereocenters. The molecule has 0 aliphatic rings. The highest BCUT2D eigenvalue weighted by Gasteiger charge is 2.10. The zero-order chi connectivity index (χ0) is 11.3. The second-order valence-corrected chi connectivity index (χ2v) is 3.61. The Kier molecular flexibility index (Phi) is 4.34. The number of methoxy groups -OCH3 is 1. The first kappa shape index (κ1) is 11.8. The van der Waals surface area contributed by atoms with Crippen molar-refractivity contribution in [2.45, 2.75) is 39.5 Å². The fraction of sp³-hybridized carbons (Fsp3) is 0.636. The van der Waals surface area contributed by atoms with Crippen molar-refractivity contribution in [2.75, 3.05) is 12.8 Å². The van der Waals surface area contributed by atoms with Crippen LogP contribution in [0.25, 0.3) is 0 Å². The first-order valence-electron chi connectivity index (χ1n) is 5.36. The number of hydrogen-bond donors (Lipinski definition) is 1. The minimum Gasteiger partial charge on any atom is -0.481 e. The van der Waals surface area contributed by atoms with Crippen molar-refractivity contribution in [3.63, 3.8) is 0 Å². The highest BCUT2D eigenvalue weighted by Crippen LogP contribution is 2.21. The monoisotopic (exact) mass is 209 g/mol. The zero-order valence-electron chi connectivity index (χ0n) is 9.71. The summed E-state index contributed by atoms with van der Waals surface area (Å²) in [6.07, 6.45) is 4.52. The lowest BCUT2D eigenvalue weighted by molar-refractivity contribution is 0.390. The molecule has 0 aromatic carbocycles. The van der Waals surface area contributed by atoms with Crippen LogP contribution in [0.5, 0.6) is 5.88 Å². The molecule has 0 aliphatic carbocycles. The first-order valence-corrected chi connectivity index (χ1v) is 5.36. The maximum absolute atomic E-state index is 5.56. The zero-order valence-corrected chi connectivity index (χ0v) is 9.71. The van der Waals surface area contributed by atoms with E-state index in [0.717, 1.165) is 24.1 Å². The Bertz CT molecular complexity index is 326. The fourth-order valence-corrected chi connectivity index (χ4v) is 1.60. The molecule has 0 unspecified atom stereocenters. The van der Waals surface area contributed by atoms with E-state index in [1.54, 1.807) is 7.11 Å². The molecule has 0 fully saturated rings. The number of anilines is 1. The molecular formula is C11H19N3O. The van der Waals surface area contributed by atoms with E-state index in [0.29, 0.717) is 5.88 Å². The molecule has 1 rings (SSSR count). The molecule has 0 saturated carbocycles. The van der Waals surface area contributed by atoms with Gasteiger partial charge in [-0.05, 0) is 19.8 Å². The number of aryl methyl sites for hydroxylation is 1. The molecule has 0 amide bonds. The number of hydrogen-bond acceptors (Lipinski definition) is 4. The number of rotatable bonds is 5. The van der Waals surface area contributed by atoms with Crippen molar-refractivity contribution in [1.29, 1.82) is 0 Å². The average Bonchev–Trinajstić information content (AvgIpc) is 2.20. The third kappa shape index (κ3) is 3.08. The molecule has 1 aromatic rings. The molecule has 0 spiro atoms. The molecule has 1 aromatic heterocycles. The van der Waals surface area contributed by atoms with Crippen molar-refractivity contribution >= 4 is 5.95 Å². The highest BCUT2D eigenvalue weighted by atomic mass is 16.5. The van der Waals surface area contributed by atoms with Crippen LogP contribution in [0.1, 0.15) is 37.4 Å². The van der Waals surface area contributed by atoms with Gasteiger partial charge in [0.1, 0.15) is 0 Å². The Balaban J connectivity index is 2.84. The third-order valence-electron chi connectivity index (χ3n) is 2.42. The normalized spacial score (nSPS) is 10.3. The van der Waals surface area contributed by atoms with E-state index in [4.69, 9.17) is 10.5 Å². The van der Waals surface area contributed by atoms with Gasteiger partial charge in [-0.2, -0.15) is 4.98 Å². The number of nitrogen functional groups attached to an aromatic ring is 1. The SMILES string of the molecule is CCCCCc1c(C)nc(N)nc1OC. The lowest BCUT2D eigenvalue weighted by Crippen LogP contribution is -2.05. The van der Waals surface area contributed by atoms with E-state index in [1.165, 1.54) is 12.8 Å². The number of ether oxygens (including phenoxy) is 1. The Morgan fingerprint density at radius 2 is 2.00 bits per heavy atom. The first-order chi connectivity index (χ1) is 7.19. The maximum Gasteiger partial charge on any atom is 0.223 e. The van der Waals surface area contributed by atoms with E-state index < -0.39 is 0 Å². The van der Waals surface area contributed by atoms with Crippen LogP contribution in [0.3, 0.4) is 0 Å². The minimum absolute atomic E-state index is 0.281. The summed E-state index contributed by atoms with van der Waals surface area (Å²) >= 11 is 0. The van der Waals surface area contributed by atoms with Crippen LogP contribution in [0.4, 0.5) is 5.95 Å². The van der Waals surface area contributed by atoms with Crippen molar-refractivity contribution in [3.8, 4) is 5.88 Å². The maximum atomic E-state index is 5.56. The Morgan fingerprint density at radius 3 is 2.60 bits per heavy atom. The summed E-state index contributed by atoms with van der Waals surface area (Å²) in [7, 11) is 1.62. The van der Waals surface area contributed by atoms with Crippen LogP contribution in [-0.4, -0.2) is 17.1 Å². The van der Waals surface area contributed by atoms with Gasteiger partial charge in [-0.25, -0.2) is 4.98 Å². The Hall–Kier alpha value is -1.32. The van der Waals surface area contributed by atoms with Crippen LogP contribution in [0.2, 0.25) is 0 Å². The quantitative estimate of drug-likeness (QED) is 0.754. The van der Waals surface area contributed by atoms with Crippen LogP contribution in [-0.2, 0) is 6.42 Å². The second kappa shape index (κ2) is 5.53. The van der Waals surface area contributed by atoms with E-state index in [-0.39, 0.29) is 5.95 Å². The predicted octanol–water partition coefficient (Wildman–Crippen LogP) is 2.11. The molecule has 0 bridgehead atoms. The largest absolute Gasteiger partial charge is 0.481 e. The molecule has 1 heterocycles. The van der Waals surface area contributed by atoms with Gasteiger partial charge in [-0.15, -0.1) is 0 Å². The second-order valence-electron chi connectivity index (χ2n) is 3.61. The number of nitrogens with zero attached hydrogens (tertiary/aromatic N) is 2. The smallest absolute Gasteiger partial charge is 0.223 e. The summed E-state index contributed by atoms with van der Waals surface area (Å²) in [4.78, 5) is 8.22. The topological polar surface area (TPSA) is 61.0 Å². The molecule has 4 nitrogen and oxygen atoms in total. The van der Waals surface area contributed by atoms with Crippen LogP contribution in [0.15, 0.2) is 0 Å². The number of aromatic nitrogens is 2. The minimum atomic E-state index is 0.281. The van der Waals surface area contributed by atoms with Crippen LogP contribution >= 0.6 is 0 Å². The van der Waals surface area contributed by atoms with E-state index >= 15 is 0 Å². The van der Waals surface area contributed by atoms with Gasteiger partial charge in [0, 0.05) is 11.3 Å². The molecule has 0 saturated heterocycles. The van der Waals surface area contributed by atoms with E-state index in [9.17, 15) is 0 Å². The number of unbranched alkanes of at least 4 members (excludes halogenated alkanes) is 2. The van der Waals surface area contributed by atoms with Crippen molar-refractivity contribution in [1.82, 2.24) is 9.97 Å². The third-order valence-corrected chi connectivity index (χ3v) is 2.42. The predicted molar refractivity (Wildman–Crippen MR) is 61.0 cm³/mol. The van der Waals surface area contributed by atoms with Crippen LogP contribution < -0.4 is 10.5 Å². The fourth-order valence-electron chi connectivity index (χ4n) is 1.60. The van der Waals surface area contributed by atoms with Gasteiger partial charge < -0.3 is 10.5 Å². The molecule has 15 heavy (non-hydrogen) atoms. The molecule has 0 radical (unpaired) electrons. The highest BCUT2D eigenvalue weighted by molar-refractivity contribution is 5.35. The molecule has 4 heteroatoms. The van der Waals surface area contributed by atoms with Gasteiger partial charge in [0.2, 0.25) is 11.8 Å². The van der Waals surface area contributed by atoms with Gasteiger partial charge in [0.05, 0.1) is 7.11 Å². The van der Waals surface area contributed by atoms with Gasteiger partial charge in [-0.3, -0.25) is 0 Å². The summed E-state index contributed by atoms with van der Waals surface area (Å²) in [5.74, 6) is 0.902. The summed E-state index contributed by atoms with van der Waals surface area (Å²) in [5.41, 5.74) is 7.57. The summed E-state index contributed by atoms with van der Waals surface area (Å²) in [6.45, 7) is 4.13. The molecule has 0 aliphatic heterocycles. The summed E-state index contributed by atoms with van der Waals surface area (Å²) < 4.78 is 5.21. The van der Waals surface area contributed by atoms with Gasteiger partial charge >= 0.3 is 0 Å². The molecular weight excluding hydrogens is 190 g/mol. The average molecular weight is 209 g/mol. The van der Waals surface area contributed by atoms with Crippen molar-refractivity contribution < 1.29 is 4.74 Å². The molecule has 2 N–H and O–H groups in total. The summed E-state index contributed by atoms with van der Waals surface area (Å²) in [5, 5.41) is 0. The lowest BCUT2D eigenvalue weighted by Gasteiger charge is -2.10. The van der Waals surface area contributed by atoms with Crippen molar-refractivity contribution in [3.05, 3.63) is 11.3 Å². The van der Waals surface area contributed by atoms with Gasteiger partial charge in [-0.1, -0.05) is 19.8 Å². The standard InChI is InChI=1S/C11H19N3O/c1-4-5-6-7-9-8(2)13-11(12)14-10(9)15-3/h4-7H2,1-3H3,(H2,12,13,14). The number of nitrogens with two attached hydrogens (primary N) is 1. The Morgan fingerprint density at radius 1 is 1.27 bits per heavy atom. The van der Waals surface area contributed by atoms with E-state index in [1.807, 2.05) is 6.92 Å². The van der Waals surface area contributed by atoms with Gasteiger partial charge in [0.15, 0.2) is 0 Å². The van der Waals surface area contributed by atoms with Gasteiger partial charge in [0.25, 0.3) is 0 Å². The lowest BCUT2D eigenvalue weighted by atomic mass is 10.1. The van der Waals surface area contributed by atoms with Crippen molar-refractivity contribution in [2.24, 2.45) is 0 Å².